The van der Waals surface area contributed by atoms with Crippen molar-refractivity contribution in [2.75, 3.05) is 12.4 Å². The van der Waals surface area contributed by atoms with Crippen LogP contribution < -0.4 is 10.1 Å². The summed E-state index contributed by atoms with van der Waals surface area (Å²) in [6, 6.07) is 7.81. The molecule has 0 radical (unpaired) electrons. The molecule has 0 atom stereocenters. The summed E-state index contributed by atoms with van der Waals surface area (Å²) >= 11 is 3.25. The summed E-state index contributed by atoms with van der Waals surface area (Å²) in [5.41, 5.74) is 2.92. The second-order valence-electron chi connectivity index (χ2n) is 4.51. The van der Waals surface area contributed by atoms with Crippen molar-refractivity contribution < 1.29 is 7.59 Å². The molecule has 140 valence electrons. The van der Waals surface area contributed by atoms with Gasteiger partial charge in [-0.25, -0.2) is 9.97 Å². The Morgan fingerprint density at radius 3 is 2.32 bits per heavy atom. The third kappa shape index (κ3) is 5.54. The molecule has 0 aliphatic rings. The van der Waals surface area contributed by atoms with Gasteiger partial charge in [0.15, 0.2) is 5.13 Å². The van der Waals surface area contributed by atoms with Crippen LogP contribution in [0.1, 0.15) is 41.2 Å². The van der Waals surface area contributed by atoms with Gasteiger partial charge in [-0.3, -0.25) is 0 Å². The number of nitrogens with one attached hydrogen (secondary N) is 1. The fourth-order valence-electron chi connectivity index (χ4n) is 2.07. The number of benzene rings is 1. The molecule has 0 aliphatic carbocycles. The standard InChI is InChI=1S/C15H15N3OS2.2C2H6.2H2/c1-9-14(21-10(2)16-9)12-8-20-15(18-12)17-11-6-4-5-7-13(11)19-3;2*1-2;;/h4-8H,1-3H3,(H,17,18);2*1-2H3;2*1H. The highest BCUT2D eigenvalue weighted by Gasteiger charge is 2.12. The van der Waals surface area contributed by atoms with Crippen LogP contribution in [0.3, 0.4) is 0 Å². The Bertz CT molecular complexity index is 776. The molecule has 0 spiro atoms. The molecule has 0 bridgehead atoms. The van der Waals surface area contributed by atoms with E-state index in [4.69, 9.17) is 4.74 Å². The molecular weight excluding hydrogens is 350 g/mol. The predicted octanol–water partition coefficient (Wildman–Crippen LogP) is 7.18. The van der Waals surface area contributed by atoms with Crippen LogP contribution in [0.4, 0.5) is 10.8 Å². The summed E-state index contributed by atoms with van der Waals surface area (Å²) in [7, 11) is 1.66. The topological polar surface area (TPSA) is 47.0 Å². The fraction of sp³-hybridized carbons (Fsp3) is 0.368. The van der Waals surface area contributed by atoms with Crippen molar-refractivity contribution in [2.24, 2.45) is 0 Å². The van der Waals surface area contributed by atoms with E-state index in [0.717, 1.165) is 37.8 Å². The van der Waals surface area contributed by atoms with Crippen molar-refractivity contribution in [3.63, 3.8) is 0 Å². The predicted molar refractivity (Wildman–Crippen MR) is 116 cm³/mol. The van der Waals surface area contributed by atoms with Crippen LogP contribution in [-0.2, 0) is 0 Å². The Hall–Kier alpha value is -1.92. The number of ether oxygens (including phenoxy) is 1. The highest BCUT2D eigenvalue weighted by molar-refractivity contribution is 7.16. The summed E-state index contributed by atoms with van der Waals surface area (Å²) in [5.74, 6) is 0.805. The van der Waals surface area contributed by atoms with Crippen LogP contribution in [-0.4, -0.2) is 17.1 Å². The molecule has 0 amide bonds. The van der Waals surface area contributed by atoms with Crippen molar-refractivity contribution in [1.29, 1.82) is 0 Å². The third-order valence-electron chi connectivity index (χ3n) is 2.99. The Morgan fingerprint density at radius 1 is 1.04 bits per heavy atom. The number of aryl methyl sites for hydroxylation is 2. The maximum atomic E-state index is 5.34. The van der Waals surface area contributed by atoms with Crippen molar-refractivity contribution in [3.8, 4) is 16.3 Å². The molecule has 1 aromatic carbocycles. The normalized spacial score (nSPS) is 9.40. The van der Waals surface area contributed by atoms with Gasteiger partial charge in [0.05, 0.1) is 34.1 Å². The first-order chi connectivity index (χ1) is 12.2. The minimum absolute atomic E-state index is 0. The minimum Gasteiger partial charge on any atom is -0.495 e. The summed E-state index contributed by atoms with van der Waals surface area (Å²) in [4.78, 5) is 10.2. The van der Waals surface area contributed by atoms with Crippen LogP contribution in [0.25, 0.3) is 10.6 Å². The largest absolute Gasteiger partial charge is 0.495 e. The summed E-state index contributed by atoms with van der Waals surface area (Å²) in [5, 5.41) is 7.27. The number of rotatable bonds is 4. The van der Waals surface area contributed by atoms with Gasteiger partial charge in [-0.15, -0.1) is 22.7 Å². The zero-order valence-electron chi connectivity index (χ0n) is 16.0. The lowest BCUT2D eigenvalue weighted by Crippen LogP contribution is -1.93. The molecule has 2 aromatic heterocycles. The minimum atomic E-state index is 0. The molecule has 4 nitrogen and oxygen atoms in total. The molecule has 1 N–H and O–H groups in total. The Kier molecular flexibility index (Phi) is 9.16. The number of thiazole rings is 2. The van der Waals surface area contributed by atoms with Gasteiger partial charge >= 0.3 is 0 Å². The summed E-state index contributed by atoms with van der Waals surface area (Å²) in [6.45, 7) is 12.0. The average Bonchev–Trinajstić information content (AvgIpc) is 3.24. The lowest BCUT2D eigenvalue weighted by atomic mass is 10.3. The molecule has 0 saturated carbocycles. The Labute approximate surface area is 161 Å². The number of para-hydroxylation sites is 2. The maximum absolute atomic E-state index is 5.34. The van der Waals surface area contributed by atoms with Crippen LogP contribution >= 0.6 is 22.7 Å². The zero-order chi connectivity index (χ0) is 18.8. The van der Waals surface area contributed by atoms with E-state index < -0.39 is 0 Å². The van der Waals surface area contributed by atoms with Gasteiger partial charge < -0.3 is 10.1 Å². The zero-order valence-corrected chi connectivity index (χ0v) is 17.6. The SMILES string of the molecule is CC.CC.COc1ccccc1Nc1nc(-c2sc(C)nc2C)cs1.[HH].[HH]. The van der Waals surface area contributed by atoms with Crippen LogP contribution in [0, 0.1) is 13.8 Å². The lowest BCUT2D eigenvalue weighted by molar-refractivity contribution is 0.417. The number of methoxy groups -OCH3 is 1. The Balaban J connectivity index is 0. The second kappa shape index (κ2) is 10.8. The Morgan fingerprint density at radius 2 is 1.72 bits per heavy atom. The van der Waals surface area contributed by atoms with Crippen molar-refractivity contribution >= 4 is 33.5 Å². The van der Waals surface area contributed by atoms with E-state index in [0.29, 0.717) is 0 Å². The van der Waals surface area contributed by atoms with Gasteiger partial charge in [0.25, 0.3) is 0 Å². The van der Waals surface area contributed by atoms with E-state index >= 15 is 0 Å². The van der Waals surface area contributed by atoms with Gasteiger partial charge in [0.2, 0.25) is 0 Å². The van der Waals surface area contributed by atoms with Crippen LogP contribution in [0.5, 0.6) is 5.75 Å². The molecule has 0 saturated heterocycles. The summed E-state index contributed by atoms with van der Waals surface area (Å²) in [6.07, 6.45) is 0. The van der Waals surface area contributed by atoms with Crippen LogP contribution in [0.2, 0.25) is 0 Å². The van der Waals surface area contributed by atoms with Gasteiger partial charge in [-0.1, -0.05) is 39.8 Å². The third-order valence-corrected chi connectivity index (χ3v) is 4.84. The van der Waals surface area contributed by atoms with E-state index in [1.54, 1.807) is 29.8 Å². The molecule has 25 heavy (non-hydrogen) atoms. The van der Waals surface area contributed by atoms with Crippen LogP contribution in [0.15, 0.2) is 29.6 Å². The maximum Gasteiger partial charge on any atom is 0.187 e. The highest BCUT2D eigenvalue weighted by Crippen LogP contribution is 2.34. The van der Waals surface area contributed by atoms with Crippen molar-refractivity contribution in [2.45, 2.75) is 41.5 Å². The number of anilines is 2. The molecule has 0 aliphatic heterocycles. The van der Waals surface area contributed by atoms with Gasteiger partial charge in [-0.2, -0.15) is 0 Å². The molecule has 3 rings (SSSR count). The van der Waals surface area contributed by atoms with E-state index in [2.05, 4.69) is 20.7 Å². The van der Waals surface area contributed by atoms with Gasteiger partial charge in [0, 0.05) is 8.23 Å². The molecule has 0 fully saturated rings. The number of aromatic nitrogens is 2. The average molecular weight is 382 g/mol. The van der Waals surface area contributed by atoms with E-state index in [1.165, 1.54) is 0 Å². The first kappa shape index (κ1) is 21.1. The smallest absolute Gasteiger partial charge is 0.187 e. The summed E-state index contributed by atoms with van der Waals surface area (Å²) < 4.78 is 5.34. The first-order valence-corrected chi connectivity index (χ1v) is 10.2. The second-order valence-corrected chi connectivity index (χ2v) is 6.57. The number of nitrogens with zero attached hydrogens (tertiary/aromatic N) is 2. The lowest BCUT2D eigenvalue weighted by Gasteiger charge is -2.07. The quantitative estimate of drug-likeness (QED) is 0.520. The number of hydrogen-bond acceptors (Lipinski definition) is 6. The number of hydrogen-bond donors (Lipinski definition) is 1. The fourth-order valence-corrected chi connectivity index (χ4v) is 3.74. The van der Waals surface area contributed by atoms with Gasteiger partial charge in [-0.05, 0) is 26.0 Å². The molecule has 6 heteroatoms. The highest BCUT2D eigenvalue weighted by atomic mass is 32.1. The van der Waals surface area contributed by atoms with E-state index in [-0.39, 0.29) is 2.85 Å². The monoisotopic (exact) mass is 381 g/mol. The molecule has 2 heterocycles. The molecule has 0 unspecified atom stereocenters. The molecular formula is C19H31N3OS2. The van der Waals surface area contributed by atoms with E-state index in [1.807, 2.05) is 65.8 Å². The van der Waals surface area contributed by atoms with E-state index in [9.17, 15) is 0 Å². The van der Waals surface area contributed by atoms with Crippen molar-refractivity contribution in [3.05, 3.63) is 40.3 Å². The van der Waals surface area contributed by atoms with Crippen molar-refractivity contribution in [1.82, 2.24) is 9.97 Å². The van der Waals surface area contributed by atoms with Gasteiger partial charge in [0.1, 0.15) is 5.75 Å². The molecule has 3 aromatic rings. The first-order valence-electron chi connectivity index (χ1n) is 8.47.